The summed E-state index contributed by atoms with van der Waals surface area (Å²) in [4.78, 5) is 0. The Morgan fingerprint density at radius 2 is 1.72 bits per heavy atom. The van der Waals surface area contributed by atoms with Crippen molar-refractivity contribution in [1.82, 2.24) is 0 Å². The fourth-order valence-electron chi connectivity index (χ4n) is 2.05. The molecule has 0 radical (unpaired) electrons. The molecular weight excluding hydrogens is 338 g/mol. The van der Waals surface area contributed by atoms with E-state index in [-0.39, 0.29) is 0 Å². The first-order valence-electron chi connectivity index (χ1n) is 8.14. The second kappa shape index (κ2) is 7.79. The van der Waals surface area contributed by atoms with Crippen LogP contribution in [-0.4, -0.2) is 28.5 Å². The maximum absolute atomic E-state index is 10.4. The van der Waals surface area contributed by atoms with E-state index in [0.717, 1.165) is 5.56 Å². The first kappa shape index (κ1) is 19.8. The molecule has 0 aliphatic carbocycles. The number of halogens is 1. The topological polar surface area (TPSA) is 58.9 Å². The van der Waals surface area contributed by atoms with E-state index in [9.17, 15) is 10.1 Å². The predicted molar refractivity (Wildman–Crippen MR) is 101 cm³/mol. The highest BCUT2D eigenvalue weighted by Crippen LogP contribution is 2.25. The van der Waals surface area contributed by atoms with E-state index in [4.69, 9.17) is 21.0 Å². The quantitative estimate of drug-likeness (QED) is 0.743. The van der Waals surface area contributed by atoms with Gasteiger partial charge in [-0.3, -0.25) is 0 Å². The van der Waals surface area contributed by atoms with E-state index in [0.29, 0.717) is 22.8 Å². The second-order valence-corrected chi connectivity index (χ2v) is 7.47. The van der Waals surface area contributed by atoms with E-state index in [2.05, 4.69) is 0 Å². The van der Waals surface area contributed by atoms with Crippen LogP contribution in [-0.2, 0) is 11.3 Å². The van der Waals surface area contributed by atoms with Crippen molar-refractivity contribution in [2.45, 2.75) is 45.5 Å². The van der Waals surface area contributed by atoms with Crippen molar-refractivity contribution in [3.63, 3.8) is 0 Å². The third-order valence-electron chi connectivity index (χ3n) is 4.32. The first-order valence-corrected chi connectivity index (χ1v) is 8.52. The lowest BCUT2D eigenvalue weighted by Gasteiger charge is -2.38. The Kier molecular flexibility index (Phi) is 6.17. The largest absolute Gasteiger partial charge is 0.491 e. The molecule has 2 N–H and O–H groups in total. The number of hydrogen-bond acceptors (Lipinski definition) is 4. The van der Waals surface area contributed by atoms with E-state index in [1.807, 2.05) is 30.3 Å². The highest BCUT2D eigenvalue weighted by atomic mass is 35.5. The monoisotopic (exact) mass is 362 g/mol. The molecule has 0 aliphatic rings. The summed E-state index contributed by atoms with van der Waals surface area (Å²) in [5.74, 6) is 0.679. The van der Waals surface area contributed by atoms with Crippen molar-refractivity contribution in [3.8, 4) is 5.75 Å². The molecule has 0 spiro atoms. The second-order valence-electron chi connectivity index (χ2n) is 7.03. The van der Waals surface area contributed by atoms with E-state index in [1.54, 1.807) is 45.9 Å². The van der Waals surface area contributed by atoms with Gasteiger partial charge in [0.25, 0.3) is 0 Å². The zero-order chi connectivity index (χ0) is 18.7. The van der Waals surface area contributed by atoms with Gasteiger partial charge in [0.1, 0.15) is 12.4 Å². The molecule has 0 heterocycles. The molecule has 25 heavy (non-hydrogen) atoms. The lowest BCUT2D eigenvalue weighted by Crippen LogP contribution is -2.53. The zero-order valence-electron chi connectivity index (χ0n) is 15.0. The fraction of sp³-hybridized carbons (Fsp3) is 0.368. The average Bonchev–Trinajstić information content (AvgIpc) is 2.52. The van der Waals surface area contributed by atoms with Gasteiger partial charge in [0.15, 0.2) is 0 Å². The van der Waals surface area contributed by atoms with Crippen LogP contribution in [0.1, 0.15) is 33.3 Å². The summed E-state index contributed by atoms with van der Waals surface area (Å²) in [7, 11) is -1.15. The average molecular weight is 363 g/mol. The van der Waals surface area contributed by atoms with Gasteiger partial charge >= 0.3 is 7.12 Å². The molecule has 0 saturated carbocycles. The van der Waals surface area contributed by atoms with Gasteiger partial charge in [-0.05, 0) is 56.9 Å². The van der Waals surface area contributed by atoms with Crippen molar-refractivity contribution in [3.05, 3.63) is 59.1 Å². The molecule has 0 saturated heterocycles. The first-order chi connectivity index (χ1) is 11.6. The van der Waals surface area contributed by atoms with Crippen LogP contribution in [0.25, 0.3) is 0 Å². The molecule has 0 aliphatic heterocycles. The minimum Gasteiger partial charge on any atom is -0.489 e. The highest BCUT2D eigenvalue weighted by Gasteiger charge is 2.39. The molecule has 4 nitrogen and oxygen atoms in total. The van der Waals surface area contributed by atoms with Crippen LogP contribution in [0.4, 0.5) is 0 Å². The van der Waals surface area contributed by atoms with Crippen LogP contribution in [0, 0.1) is 0 Å². The third-order valence-corrected chi connectivity index (χ3v) is 4.55. The molecule has 0 aromatic heterocycles. The fourth-order valence-corrected chi connectivity index (χ4v) is 2.23. The molecule has 0 bridgehead atoms. The summed E-state index contributed by atoms with van der Waals surface area (Å²) in [6.45, 7) is 7.12. The Labute approximate surface area is 154 Å². The standard InChI is InChI=1S/C19H24BClO4/c1-18(2,22)19(3,4)25-20(23)15-8-5-7-14(11-15)13-24-17-10-6-9-16(21)12-17/h5-12,22-23H,13H2,1-4H3. The molecule has 6 heteroatoms. The molecule has 2 aromatic rings. The van der Waals surface area contributed by atoms with Crippen molar-refractivity contribution in [1.29, 1.82) is 0 Å². The molecular formula is C19H24BClO4. The van der Waals surface area contributed by atoms with E-state index >= 15 is 0 Å². The van der Waals surface area contributed by atoms with Crippen molar-refractivity contribution in [2.24, 2.45) is 0 Å². The highest BCUT2D eigenvalue weighted by molar-refractivity contribution is 6.60. The minimum absolute atomic E-state index is 0.343. The van der Waals surface area contributed by atoms with Crippen molar-refractivity contribution >= 4 is 24.2 Å². The van der Waals surface area contributed by atoms with Crippen LogP contribution in [0.5, 0.6) is 5.75 Å². The van der Waals surface area contributed by atoms with Crippen LogP contribution < -0.4 is 10.2 Å². The third kappa shape index (κ3) is 5.48. The number of benzene rings is 2. The molecule has 134 valence electrons. The predicted octanol–water partition coefficient (Wildman–Crippen LogP) is 3.17. The molecule has 2 aromatic carbocycles. The number of aliphatic hydroxyl groups is 1. The normalized spacial score (nSPS) is 12.1. The lowest BCUT2D eigenvalue weighted by molar-refractivity contribution is -0.0982. The maximum Gasteiger partial charge on any atom is 0.491 e. The van der Waals surface area contributed by atoms with Gasteiger partial charge in [-0.25, -0.2) is 0 Å². The minimum atomic E-state index is -1.15. The molecule has 0 atom stereocenters. The summed E-state index contributed by atoms with van der Waals surface area (Å²) >= 11 is 5.94. The molecule has 0 unspecified atom stereocenters. The summed E-state index contributed by atoms with van der Waals surface area (Å²) < 4.78 is 11.4. The SMILES string of the molecule is CC(C)(O)C(C)(C)OB(O)c1cccc(COc2cccc(Cl)c2)c1. The van der Waals surface area contributed by atoms with E-state index in [1.165, 1.54) is 0 Å². The Balaban J connectivity index is 2.05. The summed E-state index contributed by atoms with van der Waals surface area (Å²) in [5, 5.41) is 21.2. The van der Waals surface area contributed by atoms with Gasteiger partial charge in [0.2, 0.25) is 0 Å². The Morgan fingerprint density at radius 1 is 1.04 bits per heavy atom. The Hall–Kier alpha value is -1.53. The van der Waals surface area contributed by atoms with Gasteiger partial charge in [-0.15, -0.1) is 0 Å². The van der Waals surface area contributed by atoms with Crippen LogP contribution in [0.2, 0.25) is 5.02 Å². The van der Waals surface area contributed by atoms with Gasteiger partial charge < -0.3 is 19.5 Å². The summed E-state index contributed by atoms with van der Waals surface area (Å²) in [6, 6.07) is 14.5. The summed E-state index contributed by atoms with van der Waals surface area (Å²) in [5.41, 5.74) is -0.522. The zero-order valence-corrected chi connectivity index (χ0v) is 15.7. The number of hydrogen-bond donors (Lipinski definition) is 2. The van der Waals surface area contributed by atoms with Gasteiger partial charge in [-0.2, -0.15) is 0 Å². The number of rotatable bonds is 7. The molecule has 0 fully saturated rings. The molecule has 2 rings (SSSR count). The number of ether oxygens (including phenoxy) is 1. The summed E-state index contributed by atoms with van der Waals surface area (Å²) in [6.07, 6.45) is 0. The maximum atomic E-state index is 10.4. The van der Waals surface area contributed by atoms with E-state index < -0.39 is 18.3 Å². The van der Waals surface area contributed by atoms with Crippen molar-refractivity contribution < 1.29 is 19.5 Å². The lowest BCUT2D eigenvalue weighted by atomic mass is 9.76. The van der Waals surface area contributed by atoms with Crippen LogP contribution in [0.15, 0.2) is 48.5 Å². The van der Waals surface area contributed by atoms with Crippen LogP contribution in [0.3, 0.4) is 0 Å². The van der Waals surface area contributed by atoms with Crippen LogP contribution >= 0.6 is 11.6 Å². The Morgan fingerprint density at radius 3 is 2.36 bits per heavy atom. The smallest absolute Gasteiger partial charge is 0.489 e. The van der Waals surface area contributed by atoms with Crippen molar-refractivity contribution in [2.75, 3.05) is 0 Å². The van der Waals surface area contributed by atoms with Gasteiger partial charge in [-0.1, -0.05) is 41.9 Å². The Bertz CT molecular complexity index is 713. The molecule has 0 amide bonds. The van der Waals surface area contributed by atoms with Gasteiger partial charge in [0.05, 0.1) is 11.2 Å². The van der Waals surface area contributed by atoms with Gasteiger partial charge in [0, 0.05) is 5.02 Å².